The van der Waals surface area contributed by atoms with Gasteiger partial charge in [-0.25, -0.2) is 0 Å². The summed E-state index contributed by atoms with van der Waals surface area (Å²) in [4.78, 5) is 15.0. The largest absolute Gasteiger partial charge is 0.392 e. The lowest BCUT2D eigenvalue weighted by Crippen LogP contribution is -2.50. The molecule has 1 unspecified atom stereocenters. The van der Waals surface area contributed by atoms with Gasteiger partial charge in [0.1, 0.15) is 0 Å². The first-order valence-electron chi connectivity index (χ1n) is 6.92. The van der Waals surface area contributed by atoms with E-state index in [0.29, 0.717) is 11.5 Å². The molecule has 0 saturated carbocycles. The number of thiocarbonyl (C=S) groups is 1. The number of fused-ring (bicyclic) bond motifs is 1. The van der Waals surface area contributed by atoms with Gasteiger partial charge in [0.05, 0.1) is 11.0 Å². The van der Waals surface area contributed by atoms with Crippen LogP contribution in [-0.4, -0.2) is 34.4 Å². The molecule has 0 bridgehead atoms. The number of hydrogen-bond donors (Lipinski definition) is 2. The number of nitrogens with zero attached hydrogens (tertiary/aromatic N) is 1. The molecule has 1 heterocycles. The van der Waals surface area contributed by atoms with Crippen LogP contribution < -0.4 is 11.1 Å². The molecule has 1 amide bonds. The zero-order valence-corrected chi connectivity index (χ0v) is 12.7. The van der Waals surface area contributed by atoms with E-state index in [1.165, 1.54) is 5.56 Å². The molecule has 0 fully saturated rings. The Hall–Kier alpha value is -1.46. The van der Waals surface area contributed by atoms with Crippen molar-refractivity contribution in [3.63, 3.8) is 0 Å². The maximum Gasteiger partial charge on any atom is 0.241 e. The van der Waals surface area contributed by atoms with E-state index in [0.717, 1.165) is 18.5 Å². The van der Waals surface area contributed by atoms with Gasteiger partial charge in [-0.2, -0.15) is 0 Å². The lowest BCUT2D eigenvalue weighted by atomic mass is 10.0. The Labute approximate surface area is 125 Å². The van der Waals surface area contributed by atoms with Gasteiger partial charge in [0.15, 0.2) is 0 Å². The Morgan fingerprint density at radius 2 is 2.20 bits per heavy atom. The third-order valence-corrected chi connectivity index (χ3v) is 3.80. The SMILES string of the molecule is CC(C)N(CC(N)=S)C1CCc2ccccc2NC1=O. The summed E-state index contributed by atoms with van der Waals surface area (Å²) in [5, 5.41) is 3.02. The third kappa shape index (κ3) is 3.35. The van der Waals surface area contributed by atoms with Gasteiger partial charge >= 0.3 is 0 Å². The van der Waals surface area contributed by atoms with Gasteiger partial charge in [-0.15, -0.1) is 0 Å². The number of nitrogens with two attached hydrogens (primary N) is 1. The molecule has 1 atom stereocenters. The molecule has 0 radical (unpaired) electrons. The Balaban J connectivity index is 2.21. The van der Waals surface area contributed by atoms with E-state index in [1.807, 2.05) is 18.2 Å². The molecule has 4 nitrogen and oxygen atoms in total. The minimum Gasteiger partial charge on any atom is -0.392 e. The van der Waals surface area contributed by atoms with Crippen molar-refractivity contribution in [3.05, 3.63) is 29.8 Å². The molecule has 0 spiro atoms. The number of nitrogens with one attached hydrogen (secondary N) is 1. The second-order valence-electron chi connectivity index (χ2n) is 5.43. The van der Waals surface area contributed by atoms with Crippen LogP contribution in [0.1, 0.15) is 25.8 Å². The summed E-state index contributed by atoms with van der Waals surface area (Å²) in [5.74, 6) is 0.0277. The number of rotatable bonds is 4. The highest BCUT2D eigenvalue weighted by Crippen LogP contribution is 2.24. The normalized spacial score (nSPS) is 18.6. The van der Waals surface area contributed by atoms with Crippen molar-refractivity contribution < 1.29 is 4.79 Å². The van der Waals surface area contributed by atoms with Crippen LogP contribution in [0.4, 0.5) is 5.69 Å². The van der Waals surface area contributed by atoms with Crippen LogP contribution in [0.5, 0.6) is 0 Å². The summed E-state index contributed by atoms with van der Waals surface area (Å²) < 4.78 is 0. The molecule has 0 aliphatic carbocycles. The minimum absolute atomic E-state index is 0.0277. The second-order valence-corrected chi connectivity index (χ2v) is 5.96. The van der Waals surface area contributed by atoms with E-state index >= 15 is 0 Å². The van der Waals surface area contributed by atoms with Gasteiger partial charge in [-0.3, -0.25) is 9.69 Å². The maximum absolute atomic E-state index is 12.5. The smallest absolute Gasteiger partial charge is 0.241 e. The van der Waals surface area contributed by atoms with Crippen molar-refractivity contribution in [2.24, 2.45) is 5.73 Å². The van der Waals surface area contributed by atoms with E-state index in [2.05, 4.69) is 30.1 Å². The highest BCUT2D eigenvalue weighted by Gasteiger charge is 2.30. The fraction of sp³-hybridized carbons (Fsp3) is 0.467. The van der Waals surface area contributed by atoms with Gasteiger partial charge < -0.3 is 11.1 Å². The summed E-state index contributed by atoms with van der Waals surface area (Å²) in [6.45, 7) is 4.59. The molecule has 20 heavy (non-hydrogen) atoms. The van der Waals surface area contributed by atoms with Crippen LogP contribution in [0.15, 0.2) is 24.3 Å². The summed E-state index contributed by atoms with van der Waals surface area (Å²) >= 11 is 5.01. The average molecular weight is 291 g/mol. The summed E-state index contributed by atoms with van der Waals surface area (Å²) in [6.07, 6.45) is 1.66. The first-order valence-corrected chi connectivity index (χ1v) is 7.32. The molecule has 0 saturated heterocycles. The van der Waals surface area contributed by atoms with Crippen molar-refractivity contribution in [2.75, 3.05) is 11.9 Å². The topological polar surface area (TPSA) is 58.4 Å². The van der Waals surface area contributed by atoms with Crippen molar-refractivity contribution >= 4 is 28.8 Å². The van der Waals surface area contributed by atoms with E-state index in [1.54, 1.807) is 0 Å². The van der Waals surface area contributed by atoms with Gasteiger partial charge in [0, 0.05) is 18.3 Å². The van der Waals surface area contributed by atoms with Crippen LogP contribution in [0.2, 0.25) is 0 Å². The van der Waals surface area contributed by atoms with Gasteiger partial charge in [0.25, 0.3) is 0 Å². The number of anilines is 1. The highest BCUT2D eigenvalue weighted by molar-refractivity contribution is 7.80. The number of aryl methyl sites for hydroxylation is 1. The number of amides is 1. The van der Waals surface area contributed by atoms with Crippen LogP contribution in [0.25, 0.3) is 0 Å². The molecule has 1 aliphatic rings. The average Bonchev–Trinajstić information content (AvgIpc) is 2.54. The monoisotopic (exact) mass is 291 g/mol. The third-order valence-electron chi connectivity index (χ3n) is 3.67. The van der Waals surface area contributed by atoms with Crippen molar-refractivity contribution in [2.45, 2.75) is 38.8 Å². The van der Waals surface area contributed by atoms with Gasteiger partial charge in [-0.05, 0) is 38.3 Å². The zero-order chi connectivity index (χ0) is 14.7. The van der Waals surface area contributed by atoms with Crippen molar-refractivity contribution in [3.8, 4) is 0 Å². The first kappa shape index (κ1) is 14.9. The van der Waals surface area contributed by atoms with Crippen LogP contribution in [-0.2, 0) is 11.2 Å². The first-order chi connectivity index (χ1) is 9.49. The molecule has 108 valence electrons. The fourth-order valence-corrected chi connectivity index (χ4v) is 2.80. The molecular formula is C15H21N3OS. The molecule has 1 aromatic rings. The molecule has 1 aromatic carbocycles. The number of carbonyl (C=O) groups is 1. The Morgan fingerprint density at radius 3 is 2.85 bits per heavy atom. The minimum atomic E-state index is -0.191. The summed E-state index contributed by atoms with van der Waals surface area (Å²) in [6, 6.07) is 7.97. The number of carbonyl (C=O) groups excluding carboxylic acids is 1. The van der Waals surface area contributed by atoms with Gasteiger partial charge in [-0.1, -0.05) is 30.4 Å². The quantitative estimate of drug-likeness (QED) is 0.832. The van der Waals surface area contributed by atoms with E-state index in [9.17, 15) is 4.79 Å². The predicted octanol–water partition coefficient (Wildman–Crippen LogP) is 1.94. The number of benzene rings is 1. The predicted molar refractivity (Wildman–Crippen MR) is 85.8 cm³/mol. The highest BCUT2D eigenvalue weighted by atomic mass is 32.1. The van der Waals surface area contributed by atoms with Crippen LogP contribution >= 0.6 is 12.2 Å². The van der Waals surface area contributed by atoms with E-state index in [-0.39, 0.29) is 18.0 Å². The second kappa shape index (κ2) is 6.33. The molecule has 3 N–H and O–H groups in total. The molecule has 1 aliphatic heterocycles. The maximum atomic E-state index is 12.5. The Bertz CT molecular complexity index is 516. The lowest BCUT2D eigenvalue weighted by Gasteiger charge is -2.32. The fourth-order valence-electron chi connectivity index (χ4n) is 2.65. The van der Waals surface area contributed by atoms with E-state index in [4.69, 9.17) is 18.0 Å². The standard InChI is InChI=1S/C15H21N3OS/c1-10(2)18(9-14(16)20)13-8-7-11-5-3-4-6-12(11)17-15(13)19/h3-6,10,13H,7-9H2,1-2H3,(H2,16,20)(H,17,19). The summed E-state index contributed by atoms with van der Waals surface area (Å²) in [5.41, 5.74) is 7.76. The van der Waals surface area contributed by atoms with Crippen molar-refractivity contribution in [1.82, 2.24) is 4.90 Å². The molecule has 5 heteroatoms. The van der Waals surface area contributed by atoms with Crippen LogP contribution in [0, 0.1) is 0 Å². The number of hydrogen-bond acceptors (Lipinski definition) is 3. The van der Waals surface area contributed by atoms with Crippen molar-refractivity contribution in [1.29, 1.82) is 0 Å². The van der Waals surface area contributed by atoms with Crippen LogP contribution in [0.3, 0.4) is 0 Å². The summed E-state index contributed by atoms with van der Waals surface area (Å²) in [7, 11) is 0. The van der Waals surface area contributed by atoms with E-state index < -0.39 is 0 Å². The lowest BCUT2D eigenvalue weighted by molar-refractivity contribution is -0.121. The zero-order valence-electron chi connectivity index (χ0n) is 11.9. The van der Waals surface area contributed by atoms with Gasteiger partial charge in [0.2, 0.25) is 5.91 Å². The molecule has 0 aromatic heterocycles. The molecule has 2 rings (SSSR count). The Kier molecular flexibility index (Phi) is 4.73. The molecular weight excluding hydrogens is 270 g/mol. The number of para-hydroxylation sites is 1. The Morgan fingerprint density at radius 1 is 1.50 bits per heavy atom.